The van der Waals surface area contributed by atoms with Gasteiger partial charge in [-0.2, -0.15) is 0 Å². The lowest BCUT2D eigenvalue weighted by molar-refractivity contribution is -0.140. The number of hydrogen-bond acceptors (Lipinski definition) is 5. The van der Waals surface area contributed by atoms with Gasteiger partial charge in [0.15, 0.2) is 0 Å². The van der Waals surface area contributed by atoms with E-state index in [0.29, 0.717) is 22.8 Å². The van der Waals surface area contributed by atoms with Crippen LogP contribution >= 0.6 is 11.6 Å². The summed E-state index contributed by atoms with van der Waals surface area (Å²) in [5.41, 5.74) is 1.70. The Bertz CT molecular complexity index is 1110. The standard InChI is InChI=1S/C23H30ClN3O5S/c1-6-19(23(29)25-3)26(14-17-9-7-8-10-18(17)24)22(28)15-27(33(5,30)31)20-13-16(2)11-12-21(20)32-4/h7-13,19H,6,14-15H2,1-5H3,(H,25,29). The van der Waals surface area contributed by atoms with Crippen molar-refractivity contribution in [3.63, 3.8) is 0 Å². The van der Waals surface area contributed by atoms with E-state index in [1.54, 1.807) is 49.4 Å². The van der Waals surface area contributed by atoms with Crippen LogP contribution in [0, 0.1) is 6.92 Å². The first-order valence-electron chi connectivity index (χ1n) is 10.4. The summed E-state index contributed by atoms with van der Waals surface area (Å²) < 4.78 is 31.8. The Morgan fingerprint density at radius 1 is 1.18 bits per heavy atom. The predicted molar refractivity (Wildman–Crippen MR) is 130 cm³/mol. The first kappa shape index (κ1) is 26.5. The van der Waals surface area contributed by atoms with Crippen molar-refractivity contribution in [2.24, 2.45) is 0 Å². The van der Waals surface area contributed by atoms with E-state index < -0.39 is 28.5 Å². The number of methoxy groups -OCH3 is 1. The van der Waals surface area contributed by atoms with Crippen LogP contribution in [0.4, 0.5) is 5.69 Å². The molecule has 0 heterocycles. The fraction of sp³-hybridized carbons (Fsp3) is 0.391. The molecule has 0 saturated carbocycles. The van der Waals surface area contributed by atoms with E-state index >= 15 is 0 Å². The lowest BCUT2D eigenvalue weighted by Crippen LogP contribution is -2.51. The Balaban J connectivity index is 2.52. The normalized spacial score (nSPS) is 12.1. The minimum absolute atomic E-state index is 0.0486. The Morgan fingerprint density at radius 3 is 2.39 bits per heavy atom. The third-order valence-corrected chi connectivity index (χ3v) is 6.71. The Kier molecular flexibility index (Phi) is 9.13. The molecule has 0 fully saturated rings. The summed E-state index contributed by atoms with van der Waals surface area (Å²) in [4.78, 5) is 27.5. The zero-order valence-electron chi connectivity index (χ0n) is 19.5. The number of amides is 2. The summed E-state index contributed by atoms with van der Waals surface area (Å²) in [5, 5.41) is 3.02. The SMILES string of the molecule is CCC(C(=O)NC)N(Cc1ccccc1Cl)C(=O)CN(c1cc(C)ccc1OC)S(C)(=O)=O. The first-order chi connectivity index (χ1) is 15.5. The molecule has 180 valence electrons. The molecule has 1 unspecified atom stereocenters. The fourth-order valence-corrected chi connectivity index (χ4v) is 4.53. The molecule has 10 heteroatoms. The second-order valence-corrected chi connectivity index (χ2v) is 9.91. The van der Waals surface area contributed by atoms with Crippen molar-refractivity contribution < 1.29 is 22.7 Å². The number of nitrogens with zero attached hydrogens (tertiary/aromatic N) is 2. The van der Waals surface area contributed by atoms with Gasteiger partial charge in [0.05, 0.1) is 19.1 Å². The number of rotatable bonds is 10. The van der Waals surface area contributed by atoms with Crippen LogP contribution in [-0.4, -0.2) is 58.1 Å². The average molecular weight is 496 g/mol. The molecule has 0 radical (unpaired) electrons. The molecule has 0 aromatic heterocycles. The zero-order chi connectivity index (χ0) is 24.8. The van der Waals surface area contributed by atoms with Gasteiger partial charge in [-0.15, -0.1) is 0 Å². The first-order valence-corrected chi connectivity index (χ1v) is 12.6. The van der Waals surface area contributed by atoms with Gasteiger partial charge in [-0.25, -0.2) is 8.42 Å². The Morgan fingerprint density at radius 2 is 1.85 bits per heavy atom. The van der Waals surface area contributed by atoms with Gasteiger partial charge in [0.25, 0.3) is 0 Å². The van der Waals surface area contributed by atoms with Crippen molar-refractivity contribution in [1.29, 1.82) is 0 Å². The molecule has 0 bridgehead atoms. The van der Waals surface area contributed by atoms with Crippen molar-refractivity contribution in [2.75, 3.05) is 31.3 Å². The number of benzene rings is 2. The van der Waals surface area contributed by atoms with Crippen molar-refractivity contribution in [3.8, 4) is 5.75 Å². The molecular formula is C23H30ClN3O5S. The summed E-state index contributed by atoms with van der Waals surface area (Å²) in [6, 6.07) is 11.3. The topological polar surface area (TPSA) is 96.0 Å². The maximum Gasteiger partial charge on any atom is 0.244 e. The number of nitrogens with one attached hydrogen (secondary N) is 1. The lowest BCUT2D eigenvalue weighted by atomic mass is 10.1. The fourth-order valence-electron chi connectivity index (χ4n) is 3.49. The molecule has 0 aliphatic heterocycles. The highest BCUT2D eigenvalue weighted by Crippen LogP contribution is 2.31. The zero-order valence-corrected chi connectivity index (χ0v) is 21.0. The van der Waals surface area contributed by atoms with Crippen LogP contribution in [0.2, 0.25) is 5.02 Å². The van der Waals surface area contributed by atoms with Crippen molar-refractivity contribution >= 4 is 39.1 Å². The van der Waals surface area contributed by atoms with Crippen LogP contribution in [0.25, 0.3) is 0 Å². The van der Waals surface area contributed by atoms with Gasteiger partial charge >= 0.3 is 0 Å². The molecule has 2 aromatic carbocycles. The van der Waals surface area contributed by atoms with Crippen molar-refractivity contribution in [2.45, 2.75) is 32.9 Å². The predicted octanol–water partition coefficient (Wildman–Crippen LogP) is 2.98. The van der Waals surface area contributed by atoms with E-state index in [9.17, 15) is 18.0 Å². The number of carbonyl (C=O) groups is 2. The molecule has 0 saturated heterocycles. The van der Waals surface area contributed by atoms with E-state index in [-0.39, 0.29) is 18.1 Å². The maximum atomic E-state index is 13.6. The number of sulfonamides is 1. The highest BCUT2D eigenvalue weighted by Gasteiger charge is 2.32. The molecular weight excluding hydrogens is 466 g/mol. The van der Waals surface area contributed by atoms with Crippen LogP contribution in [0.15, 0.2) is 42.5 Å². The molecule has 33 heavy (non-hydrogen) atoms. The third kappa shape index (κ3) is 6.61. The highest BCUT2D eigenvalue weighted by molar-refractivity contribution is 7.92. The van der Waals surface area contributed by atoms with Gasteiger partial charge in [0.1, 0.15) is 18.3 Å². The smallest absolute Gasteiger partial charge is 0.244 e. The Labute approximate surface area is 200 Å². The minimum Gasteiger partial charge on any atom is -0.495 e. The summed E-state index contributed by atoms with van der Waals surface area (Å²) in [5.74, 6) is -0.578. The van der Waals surface area contributed by atoms with Crippen LogP contribution in [-0.2, 0) is 26.2 Å². The quantitative estimate of drug-likeness (QED) is 0.546. The van der Waals surface area contributed by atoms with Gasteiger partial charge in [-0.1, -0.05) is 42.8 Å². The van der Waals surface area contributed by atoms with Crippen molar-refractivity contribution in [3.05, 3.63) is 58.6 Å². The minimum atomic E-state index is -3.86. The summed E-state index contributed by atoms with van der Waals surface area (Å²) in [7, 11) is -0.937. The van der Waals surface area contributed by atoms with Crippen molar-refractivity contribution in [1.82, 2.24) is 10.2 Å². The molecule has 1 atom stereocenters. The van der Waals surface area contributed by atoms with Gasteiger partial charge in [0, 0.05) is 18.6 Å². The number of halogens is 1. The molecule has 0 aliphatic rings. The number of hydrogen-bond donors (Lipinski definition) is 1. The molecule has 2 rings (SSSR count). The monoisotopic (exact) mass is 495 g/mol. The van der Waals surface area contributed by atoms with E-state index in [2.05, 4.69) is 5.32 Å². The Hall–Kier alpha value is -2.78. The van der Waals surface area contributed by atoms with Gasteiger partial charge < -0.3 is 15.0 Å². The molecule has 2 amide bonds. The number of anilines is 1. The van der Waals surface area contributed by atoms with Gasteiger partial charge in [-0.05, 0) is 42.7 Å². The second-order valence-electron chi connectivity index (χ2n) is 7.60. The van der Waals surface area contributed by atoms with E-state index in [4.69, 9.17) is 16.3 Å². The molecule has 1 N–H and O–H groups in total. The van der Waals surface area contributed by atoms with E-state index in [1.807, 2.05) is 6.92 Å². The van der Waals surface area contributed by atoms with E-state index in [0.717, 1.165) is 16.1 Å². The van der Waals surface area contributed by atoms with Gasteiger partial charge in [-0.3, -0.25) is 13.9 Å². The number of aryl methyl sites for hydroxylation is 1. The molecule has 0 aliphatic carbocycles. The number of carbonyl (C=O) groups excluding carboxylic acids is 2. The molecule has 2 aromatic rings. The second kappa shape index (κ2) is 11.4. The lowest BCUT2D eigenvalue weighted by Gasteiger charge is -2.33. The third-order valence-electron chi connectivity index (χ3n) is 5.21. The van der Waals surface area contributed by atoms with Gasteiger partial charge in [0.2, 0.25) is 21.8 Å². The summed E-state index contributed by atoms with van der Waals surface area (Å²) in [6.07, 6.45) is 1.36. The van der Waals surface area contributed by atoms with Crippen LogP contribution < -0.4 is 14.4 Å². The molecule has 0 spiro atoms. The number of ether oxygens (including phenoxy) is 1. The molecule has 8 nitrogen and oxygen atoms in total. The highest BCUT2D eigenvalue weighted by atomic mass is 35.5. The average Bonchev–Trinajstić information content (AvgIpc) is 2.77. The van der Waals surface area contributed by atoms with Crippen LogP contribution in [0.3, 0.4) is 0 Å². The van der Waals surface area contributed by atoms with E-state index in [1.165, 1.54) is 19.1 Å². The summed E-state index contributed by atoms with van der Waals surface area (Å²) in [6.45, 7) is 3.14. The maximum absolute atomic E-state index is 13.6. The largest absolute Gasteiger partial charge is 0.495 e. The number of likely N-dealkylation sites (N-methyl/N-ethyl adjacent to an activating group) is 1. The van der Waals surface area contributed by atoms with Crippen LogP contribution in [0.1, 0.15) is 24.5 Å². The van der Waals surface area contributed by atoms with Crippen LogP contribution in [0.5, 0.6) is 5.75 Å². The summed E-state index contributed by atoms with van der Waals surface area (Å²) >= 11 is 6.30.